The number of carbonyl (C=O) groups excluding carboxylic acids is 1. The summed E-state index contributed by atoms with van der Waals surface area (Å²) in [7, 11) is 0. The van der Waals surface area contributed by atoms with Gasteiger partial charge in [0.15, 0.2) is 0 Å². The Morgan fingerprint density at radius 3 is 2.81 bits per heavy atom. The van der Waals surface area contributed by atoms with Crippen LogP contribution < -0.4 is 5.32 Å². The van der Waals surface area contributed by atoms with E-state index in [1.807, 2.05) is 29.6 Å². The van der Waals surface area contributed by atoms with Gasteiger partial charge in [0, 0.05) is 34.0 Å². The first kappa shape index (κ1) is 13.7. The third-order valence-corrected chi connectivity index (χ3v) is 3.81. The Labute approximate surface area is 130 Å². The van der Waals surface area contributed by atoms with Crippen LogP contribution in [-0.2, 0) is 0 Å². The first-order valence-electron chi connectivity index (χ1n) is 6.15. The second kappa shape index (κ2) is 6.03. The maximum atomic E-state index is 12.1. The summed E-state index contributed by atoms with van der Waals surface area (Å²) in [6.07, 6.45) is 3.25. The van der Waals surface area contributed by atoms with Gasteiger partial charge in [0.25, 0.3) is 5.91 Å². The molecule has 0 aliphatic heterocycles. The molecule has 21 heavy (non-hydrogen) atoms. The predicted molar refractivity (Wildman–Crippen MR) is 84.8 cm³/mol. The number of pyridine rings is 1. The number of amides is 1. The molecule has 104 valence electrons. The van der Waals surface area contributed by atoms with E-state index in [2.05, 4.69) is 15.3 Å². The number of hydrogen-bond acceptors (Lipinski definition) is 4. The zero-order valence-corrected chi connectivity index (χ0v) is 12.4. The molecule has 6 heteroatoms. The fourth-order valence-corrected chi connectivity index (χ4v) is 2.62. The molecule has 1 aromatic carbocycles. The van der Waals surface area contributed by atoms with E-state index in [9.17, 15) is 4.79 Å². The van der Waals surface area contributed by atoms with Crippen molar-refractivity contribution in [3.8, 4) is 10.6 Å². The second-order valence-corrected chi connectivity index (χ2v) is 5.56. The molecular weight excluding hydrogens is 306 g/mol. The summed E-state index contributed by atoms with van der Waals surface area (Å²) >= 11 is 7.41. The van der Waals surface area contributed by atoms with E-state index in [0.29, 0.717) is 10.7 Å². The summed E-state index contributed by atoms with van der Waals surface area (Å²) < 4.78 is 0. The van der Waals surface area contributed by atoms with Gasteiger partial charge in [-0.3, -0.25) is 9.78 Å². The zero-order valence-electron chi connectivity index (χ0n) is 10.8. The molecule has 0 unspecified atom stereocenters. The first-order valence-corrected chi connectivity index (χ1v) is 7.41. The number of aromatic nitrogens is 2. The normalized spacial score (nSPS) is 10.3. The fraction of sp³-hybridized carbons (Fsp3) is 0. The predicted octanol–water partition coefficient (Wildman–Crippen LogP) is 4.11. The molecule has 3 rings (SSSR count). The van der Waals surface area contributed by atoms with Gasteiger partial charge < -0.3 is 5.32 Å². The Bertz CT molecular complexity index is 774. The molecule has 0 aliphatic rings. The molecule has 0 radical (unpaired) electrons. The number of carbonyl (C=O) groups is 1. The minimum atomic E-state index is -0.297. The van der Waals surface area contributed by atoms with Gasteiger partial charge >= 0.3 is 0 Å². The Morgan fingerprint density at radius 1 is 1.14 bits per heavy atom. The van der Waals surface area contributed by atoms with Gasteiger partial charge in [-0.25, -0.2) is 4.98 Å². The topological polar surface area (TPSA) is 54.9 Å². The highest BCUT2D eigenvalue weighted by Crippen LogP contribution is 2.24. The number of nitrogens with zero attached hydrogens (tertiary/aromatic N) is 2. The highest BCUT2D eigenvalue weighted by molar-refractivity contribution is 7.13. The maximum absolute atomic E-state index is 12.1. The van der Waals surface area contributed by atoms with Crippen LogP contribution in [0.15, 0.2) is 54.2 Å². The first-order chi connectivity index (χ1) is 10.2. The van der Waals surface area contributed by atoms with Gasteiger partial charge in [-0.05, 0) is 24.3 Å². The van der Waals surface area contributed by atoms with Crippen LogP contribution in [0, 0.1) is 0 Å². The molecule has 0 spiro atoms. The number of anilines is 1. The zero-order chi connectivity index (χ0) is 14.7. The van der Waals surface area contributed by atoms with E-state index in [-0.39, 0.29) is 11.6 Å². The second-order valence-electron chi connectivity index (χ2n) is 4.23. The number of benzene rings is 1. The lowest BCUT2D eigenvalue weighted by molar-refractivity contribution is 0.102. The smallest absolute Gasteiger partial charge is 0.274 e. The van der Waals surface area contributed by atoms with E-state index in [1.165, 1.54) is 12.3 Å². The standard InChI is InChI=1S/C15H10ClN3OS/c16-11-4-5-17-13(9-11)14(20)19-12-3-1-2-10(8-12)15-18-6-7-21-15/h1-9H,(H,19,20). The molecule has 2 heterocycles. The molecule has 0 fully saturated rings. The highest BCUT2D eigenvalue weighted by atomic mass is 35.5. The van der Waals surface area contributed by atoms with Crippen LogP contribution in [0.25, 0.3) is 10.6 Å². The van der Waals surface area contributed by atoms with E-state index >= 15 is 0 Å². The molecule has 0 saturated heterocycles. The van der Waals surface area contributed by atoms with Crippen LogP contribution in [0.2, 0.25) is 5.02 Å². The van der Waals surface area contributed by atoms with Crippen molar-refractivity contribution in [2.45, 2.75) is 0 Å². The highest BCUT2D eigenvalue weighted by Gasteiger charge is 2.09. The van der Waals surface area contributed by atoms with Crippen molar-refractivity contribution in [2.24, 2.45) is 0 Å². The summed E-state index contributed by atoms with van der Waals surface area (Å²) in [6.45, 7) is 0. The summed E-state index contributed by atoms with van der Waals surface area (Å²) in [5.41, 5.74) is 1.93. The third kappa shape index (κ3) is 3.26. The van der Waals surface area contributed by atoms with Crippen molar-refractivity contribution in [1.82, 2.24) is 9.97 Å². The molecule has 0 saturated carbocycles. The van der Waals surface area contributed by atoms with Crippen LogP contribution in [-0.4, -0.2) is 15.9 Å². The van der Waals surface area contributed by atoms with Crippen molar-refractivity contribution in [1.29, 1.82) is 0 Å². The number of rotatable bonds is 3. The minimum Gasteiger partial charge on any atom is -0.321 e. The SMILES string of the molecule is O=C(Nc1cccc(-c2nccs2)c1)c1cc(Cl)ccn1. The molecule has 1 amide bonds. The molecule has 0 aliphatic carbocycles. The Kier molecular flexibility index (Phi) is 3.94. The number of hydrogen-bond donors (Lipinski definition) is 1. The molecule has 2 aromatic heterocycles. The fourth-order valence-electron chi connectivity index (χ4n) is 1.82. The summed E-state index contributed by atoms with van der Waals surface area (Å²) in [5, 5.41) is 6.11. The number of halogens is 1. The Balaban J connectivity index is 1.82. The summed E-state index contributed by atoms with van der Waals surface area (Å²) in [6, 6.07) is 10.7. The Morgan fingerprint density at radius 2 is 2.05 bits per heavy atom. The van der Waals surface area contributed by atoms with Crippen molar-refractivity contribution in [2.75, 3.05) is 5.32 Å². The maximum Gasteiger partial charge on any atom is 0.274 e. The monoisotopic (exact) mass is 315 g/mol. The van der Waals surface area contributed by atoms with Gasteiger partial charge in [0.05, 0.1) is 0 Å². The van der Waals surface area contributed by atoms with Crippen LogP contribution in [0.1, 0.15) is 10.5 Å². The van der Waals surface area contributed by atoms with Crippen molar-refractivity contribution in [3.63, 3.8) is 0 Å². The third-order valence-electron chi connectivity index (χ3n) is 2.75. The Hall–Kier alpha value is -2.24. The van der Waals surface area contributed by atoms with E-state index in [0.717, 1.165) is 10.6 Å². The average molecular weight is 316 g/mol. The van der Waals surface area contributed by atoms with E-state index in [1.54, 1.807) is 23.6 Å². The molecule has 3 aromatic rings. The molecule has 0 bridgehead atoms. The minimum absolute atomic E-state index is 0.280. The lowest BCUT2D eigenvalue weighted by Gasteiger charge is -2.06. The van der Waals surface area contributed by atoms with Gasteiger partial charge in [0.1, 0.15) is 10.7 Å². The van der Waals surface area contributed by atoms with Gasteiger partial charge in [-0.2, -0.15) is 0 Å². The van der Waals surface area contributed by atoms with E-state index in [4.69, 9.17) is 11.6 Å². The summed E-state index contributed by atoms with van der Waals surface area (Å²) in [4.78, 5) is 20.4. The molecule has 1 N–H and O–H groups in total. The van der Waals surface area contributed by atoms with Crippen LogP contribution >= 0.6 is 22.9 Å². The van der Waals surface area contributed by atoms with Crippen molar-refractivity contribution in [3.05, 3.63) is 64.9 Å². The van der Waals surface area contributed by atoms with Crippen LogP contribution in [0.3, 0.4) is 0 Å². The number of nitrogens with one attached hydrogen (secondary N) is 1. The molecule has 0 atom stereocenters. The quantitative estimate of drug-likeness (QED) is 0.791. The van der Waals surface area contributed by atoms with Crippen molar-refractivity contribution >= 4 is 34.5 Å². The average Bonchev–Trinajstić information content (AvgIpc) is 3.02. The largest absolute Gasteiger partial charge is 0.321 e. The molecule has 4 nitrogen and oxygen atoms in total. The van der Waals surface area contributed by atoms with Gasteiger partial charge in [0.2, 0.25) is 0 Å². The lowest BCUT2D eigenvalue weighted by Crippen LogP contribution is -2.13. The van der Waals surface area contributed by atoms with Crippen LogP contribution in [0.5, 0.6) is 0 Å². The number of thiazole rings is 1. The van der Waals surface area contributed by atoms with Crippen LogP contribution in [0.4, 0.5) is 5.69 Å². The lowest BCUT2D eigenvalue weighted by atomic mass is 10.2. The van der Waals surface area contributed by atoms with E-state index < -0.39 is 0 Å². The van der Waals surface area contributed by atoms with Crippen molar-refractivity contribution < 1.29 is 4.79 Å². The van der Waals surface area contributed by atoms with Gasteiger partial charge in [-0.1, -0.05) is 23.7 Å². The van der Waals surface area contributed by atoms with Gasteiger partial charge in [-0.15, -0.1) is 11.3 Å². The molecular formula is C15H10ClN3OS. The summed E-state index contributed by atoms with van der Waals surface area (Å²) in [5.74, 6) is -0.297.